The molecule has 2 aromatic rings. The van der Waals surface area contributed by atoms with Crippen molar-refractivity contribution < 1.29 is 0 Å². The summed E-state index contributed by atoms with van der Waals surface area (Å²) in [6.45, 7) is 3.27. The number of aromatic nitrogens is 2. The third-order valence-electron chi connectivity index (χ3n) is 3.26. The molecule has 0 spiro atoms. The molecule has 3 rings (SSSR count). The van der Waals surface area contributed by atoms with Crippen molar-refractivity contribution in [1.29, 1.82) is 0 Å². The van der Waals surface area contributed by atoms with Gasteiger partial charge in [-0.2, -0.15) is 5.10 Å². The predicted octanol–water partition coefficient (Wildman–Crippen LogP) is 3.63. The van der Waals surface area contributed by atoms with Crippen molar-refractivity contribution in [3.63, 3.8) is 0 Å². The smallest absolute Gasteiger partial charge is 0.105 e. The van der Waals surface area contributed by atoms with E-state index < -0.39 is 0 Å². The molecule has 2 aromatic heterocycles. The highest BCUT2D eigenvalue weighted by molar-refractivity contribution is 9.11. The third kappa shape index (κ3) is 2.07. The van der Waals surface area contributed by atoms with Gasteiger partial charge >= 0.3 is 0 Å². The van der Waals surface area contributed by atoms with Gasteiger partial charge in [0, 0.05) is 11.6 Å². The highest BCUT2D eigenvalue weighted by atomic mass is 79.9. The predicted molar refractivity (Wildman–Crippen MR) is 74.3 cm³/mol. The average Bonchev–Trinajstić information content (AvgIpc) is 2.98. The number of thiophene rings is 1. The summed E-state index contributed by atoms with van der Waals surface area (Å²) in [5.41, 5.74) is 3.62. The van der Waals surface area contributed by atoms with Crippen LogP contribution in [0.5, 0.6) is 0 Å². The Labute approximate surface area is 113 Å². The Kier molecular flexibility index (Phi) is 3.06. The van der Waals surface area contributed by atoms with Crippen LogP contribution in [-0.2, 0) is 0 Å². The number of nitrogens with zero attached hydrogens (tertiary/aromatic N) is 1. The lowest BCUT2D eigenvalue weighted by atomic mass is 10.1. The van der Waals surface area contributed by atoms with E-state index in [2.05, 4.69) is 50.5 Å². The number of hydrogen-bond acceptors (Lipinski definition) is 3. The molecule has 90 valence electrons. The van der Waals surface area contributed by atoms with Crippen LogP contribution in [0.3, 0.4) is 0 Å². The molecule has 17 heavy (non-hydrogen) atoms. The molecule has 1 atom stereocenters. The van der Waals surface area contributed by atoms with Crippen molar-refractivity contribution in [2.45, 2.75) is 25.8 Å². The number of hydrogen-bond donors (Lipinski definition) is 2. The highest BCUT2D eigenvalue weighted by Gasteiger charge is 2.22. The number of halogens is 1. The van der Waals surface area contributed by atoms with Gasteiger partial charge in [0.05, 0.1) is 14.4 Å². The number of H-pyrrole nitrogens is 1. The Hall–Kier alpha value is -0.650. The molecule has 2 N–H and O–H groups in total. The Morgan fingerprint density at radius 2 is 2.35 bits per heavy atom. The second-order valence-electron chi connectivity index (χ2n) is 4.36. The molecule has 0 amide bonds. The summed E-state index contributed by atoms with van der Waals surface area (Å²) in [5.74, 6) is 0. The van der Waals surface area contributed by atoms with E-state index in [0.29, 0.717) is 6.04 Å². The molecule has 0 aromatic carbocycles. The lowest BCUT2D eigenvalue weighted by Gasteiger charge is -2.08. The Bertz CT molecular complexity index is 526. The van der Waals surface area contributed by atoms with Gasteiger partial charge < -0.3 is 5.32 Å². The maximum absolute atomic E-state index is 4.47. The van der Waals surface area contributed by atoms with E-state index in [1.165, 1.54) is 29.0 Å². The zero-order valence-corrected chi connectivity index (χ0v) is 12.0. The molecule has 0 aliphatic carbocycles. The summed E-state index contributed by atoms with van der Waals surface area (Å²) in [4.78, 5) is 1.22. The van der Waals surface area contributed by atoms with E-state index in [1.54, 1.807) is 11.3 Å². The van der Waals surface area contributed by atoms with Crippen molar-refractivity contribution >= 4 is 27.3 Å². The molecule has 1 aliphatic heterocycles. The topological polar surface area (TPSA) is 40.7 Å². The summed E-state index contributed by atoms with van der Waals surface area (Å²) in [5, 5.41) is 11.2. The lowest BCUT2D eigenvalue weighted by Crippen LogP contribution is -2.14. The lowest BCUT2D eigenvalue weighted by molar-refractivity contribution is 0.622. The van der Waals surface area contributed by atoms with Crippen LogP contribution in [0.1, 0.15) is 30.1 Å². The standard InChI is InChI=1S/C12H14BrN3S/c1-7-11(8-3-2-6-14-8)15-16-12(7)9-4-5-10(13)17-9/h4-5,8,14H,2-3,6H2,1H3,(H,15,16). The normalized spacial score (nSPS) is 20.0. The second-order valence-corrected chi connectivity index (χ2v) is 6.83. The Morgan fingerprint density at radius 3 is 3.00 bits per heavy atom. The monoisotopic (exact) mass is 311 g/mol. The van der Waals surface area contributed by atoms with Crippen molar-refractivity contribution in [2.24, 2.45) is 0 Å². The number of rotatable bonds is 2. The summed E-state index contributed by atoms with van der Waals surface area (Å²) >= 11 is 5.22. The fourth-order valence-electron chi connectivity index (χ4n) is 2.36. The largest absolute Gasteiger partial charge is 0.309 e. The van der Waals surface area contributed by atoms with Gasteiger partial charge in [-0.05, 0) is 54.4 Å². The fraction of sp³-hybridized carbons (Fsp3) is 0.417. The number of nitrogens with one attached hydrogen (secondary N) is 2. The van der Waals surface area contributed by atoms with Crippen LogP contribution < -0.4 is 5.32 Å². The second kappa shape index (κ2) is 4.55. The highest BCUT2D eigenvalue weighted by Crippen LogP contribution is 2.35. The molecular weight excluding hydrogens is 298 g/mol. The van der Waals surface area contributed by atoms with Crippen molar-refractivity contribution in [2.75, 3.05) is 6.54 Å². The zero-order valence-electron chi connectivity index (χ0n) is 9.59. The number of aromatic amines is 1. The molecule has 5 heteroatoms. The molecular formula is C12H14BrN3S. The van der Waals surface area contributed by atoms with E-state index >= 15 is 0 Å². The average molecular weight is 312 g/mol. The summed E-state index contributed by atoms with van der Waals surface area (Å²) in [7, 11) is 0. The molecule has 0 radical (unpaired) electrons. The van der Waals surface area contributed by atoms with Crippen LogP contribution in [0.4, 0.5) is 0 Å². The van der Waals surface area contributed by atoms with Crippen molar-refractivity contribution in [3.05, 3.63) is 27.2 Å². The summed E-state index contributed by atoms with van der Waals surface area (Å²) in [6, 6.07) is 4.64. The van der Waals surface area contributed by atoms with Crippen LogP contribution in [0, 0.1) is 6.92 Å². The van der Waals surface area contributed by atoms with E-state index in [1.807, 2.05) is 0 Å². The van der Waals surface area contributed by atoms with Gasteiger partial charge in [0.25, 0.3) is 0 Å². The van der Waals surface area contributed by atoms with Crippen LogP contribution >= 0.6 is 27.3 Å². The molecule has 1 saturated heterocycles. The van der Waals surface area contributed by atoms with E-state index in [4.69, 9.17) is 0 Å². The van der Waals surface area contributed by atoms with Crippen molar-refractivity contribution in [3.8, 4) is 10.6 Å². The Morgan fingerprint density at radius 1 is 1.47 bits per heavy atom. The molecule has 1 aliphatic rings. The van der Waals surface area contributed by atoms with Gasteiger partial charge in [0.2, 0.25) is 0 Å². The van der Waals surface area contributed by atoms with Gasteiger partial charge in [-0.25, -0.2) is 0 Å². The molecule has 1 fully saturated rings. The first kappa shape index (κ1) is 11.4. The SMILES string of the molecule is Cc1c(-c2ccc(Br)s2)n[nH]c1C1CCCN1. The first-order valence-electron chi connectivity index (χ1n) is 5.79. The van der Waals surface area contributed by atoms with Gasteiger partial charge in [-0.15, -0.1) is 11.3 Å². The fourth-order valence-corrected chi connectivity index (χ4v) is 3.80. The van der Waals surface area contributed by atoms with Gasteiger partial charge in [-0.1, -0.05) is 0 Å². The maximum Gasteiger partial charge on any atom is 0.105 e. The van der Waals surface area contributed by atoms with E-state index in [0.717, 1.165) is 16.0 Å². The first-order valence-corrected chi connectivity index (χ1v) is 7.40. The van der Waals surface area contributed by atoms with E-state index in [9.17, 15) is 0 Å². The van der Waals surface area contributed by atoms with Crippen LogP contribution in [0.25, 0.3) is 10.6 Å². The maximum atomic E-state index is 4.47. The molecule has 0 saturated carbocycles. The summed E-state index contributed by atoms with van der Waals surface area (Å²) in [6.07, 6.45) is 2.46. The molecule has 3 heterocycles. The van der Waals surface area contributed by atoms with Crippen LogP contribution in [-0.4, -0.2) is 16.7 Å². The minimum absolute atomic E-state index is 0.458. The van der Waals surface area contributed by atoms with Gasteiger partial charge in [0.15, 0.2) is 0 Å². The van der Waals surface area contributed by atoms with Crippen molar-refractivity contribution in [1.82, 2.24) is 15.5 Å². The van der Waals surface area contributed by atoms with Gasteiger partial charge in [0.1, 0.15) is 5.69 Å². The van der Waals surface area contributed by atoms with E-state index in [-0.39, 0.29) is 0 Å². The zero-order chi connectivity index (χ0) is 11.8. The summed E-state index contributed by atoms with van der Waals surface area (Å²) < 4.78 is 1.15. The molecule has 1 unspecified atom stereocenters. The Balaban J connectivity index is 1.97. The first-order chi connectivity index (χ1) is 8.25. The third-order valence-corrected chi connectivity index (χ3v) is 4.89. The molecule has 3 nitrogen and oxygen atoms in total. The minimum Gasteiger partial charge on any atom is -0.309 e. The quantitative estimate of drug-likeness (QED) is 0.889. The van der Waals surface area contributed by atoms with Crippen LogP contribution in [0.2, 0.25) is 0 Å². The van der Waals surface area contributed by atoms with Crippen LogP contribution in [0.15, 0.2) is 15.9 Å². The minimum atomic E-state index is 0.458. The molecule has 0 bridgehead atoms. The van der Waals surface area contributed by atoms with Gasteiger partial charge in [-0.3, -0.25) is 5.10 Å².